The van der Waals surface area contributed by atoms with Crippen molar-refractivity contribution in [2.45, 2.75) is 18.2 Å². The standard InChI is InChI=1S/C17H19N3O3S/c1-23-15(22)7-9-20-14(21)8-10-24-17(20)13-11-18-16(19-13)12-5-3-2-4-6-12/h2-6,11,17H,7-10H2,1H3,(H,18,19). The zero-order valence-electron chi connectivity index (χ0n) is 13.4. The van der Waals surface area contributed by atoms with E-state index in [1.165, 1.54) is 7.11 Å². The normalized spacial score (nSPS) is 17.8. The number of carbonyl (C=O) groups is 2. The van der Waals surface area contributed by atoms with Gasteiger partial charge in [0.25, 0.3) is 0 Å². The third kappa shape index (κ3) is 3.62. The van der Waals surface area contributed by atoms with Crippen LogP contribution in [0.1, 0.15) is 23.9 Å². The molecule has 1 amide bonds. The molecule has 0 radical (unpaired) electrons. The number of amides is 1. The molecule has 1 N–H and O–H groups in total. The molecular weight excluding hydrogens is 326 g/mol. The Morgan fingerprint density at radius 1 is 1.42 bits per heavy atom. The molecule has 1 aromatic carbocycles. The van der Waals surface area contributed by atoms with Crippen LogP contribution in [0.5, 0.6) is 0 Å². The number of ether oxygens (including phenoxy) is 1. The lowest BCUT2D eigenvalue weighted by molar-refractivity contribution is -0.142. The number of aromatic amines is 1. The van der Waals surface area contributed by atoms with Crippen LogP contribution in [0.3, 0.4) is 0 Å². The summed E-state index contributed by atoms with van der Waals surface area (Å²) in [5, 5.41) is -0.152. The lowest BCUT2D eigenvalue weighted by atomic mass is 10.2. The highest BCUT2D eigenvalue weighted by Crippen LogP contribution is 2.37. The topological polar surface area (TPSA) is 75.3 Å². The van der Waals surface area contributed by atoms with Crippen LogP contribution in [0.4, 0.5) is 0 Å². The van der Waals surface area contributed by atoms with E-state index in [1.807, 2.05) is 30.3 Å². The fourth-order valence-corrected chi connectivity index (χ4v) is 3.86. The van der Waals surface area contributed by atoms with Gasteiger partial charge in [-0.2, -0.15) is 0 Å². The molecule has 1 unspecified atom stereocenters. The molecular formula is C17H19N3O3S. The molecule has 1 aliphatic heterocycles. The molecule has 0 aliphatic carbocycles. The maximum atomic E-state index is 12.3. The molecule has 126 valence electrons. The summed E-state index contributed by atoms with van der Waals surface area (Å²) in [6.07, 6.45) is 2.45. The third-order valence-corrected chi connectivity index (χ3v) is 5.15. The van der Waals surface area contributed by atoms with Crippen molar-refractivity contribution in [2.24, 2.45) is 0 Å². The lowest BCUT2D eigenvalue weighted by Gasteiger charge is -2.34. The van der Waals surface area contributed by atoms with Gasteiger partial charge in [-0.05, 0) is 0 Å². The summed E-state index contributed by atoms with van der Waals surface area (Å²) in [5.41, 5.74) is 1.87. The summed E-state index contributed by atoms with van der Waals surface area (Å²) in [6, 6.07) is 9.84. The van der Waals surface area contributed by atoms with Gasteiger partial charge in [-0.25, -0.2) is 4.98 Å². The van der Waals surface area contributed by atoms with Gasteiger partial charge in [0.15, 0.2) is 0 Å². The highest BCUT2D eigenvalue weighted by atomic mass is 32.2. The number of rotatable bonds is 5. The minimum Gasteiger partial charge on any atom is -0.469 e. The molecule has 3 rings (SSSR count). The smallest absolute Gasteiger partial charge is 0.307 e. The van der Waals surface area contributed by atoms with Crippen molar-refractivity contribution in [3.8, 4) is 11.4 Å². The van der Waals surface area contributed by atoms with Gasteiger partial charge < -0.3 is 14.6 Å². The fourth-order valence-electron chi connectivity index (χ4n) is 2.64. The number of thioether (sulfide) groups is 1. The van der Waals surface area contributed by atoms with E-state index in [1.54, 1.807) is 22.9 Å². The van der Waals surface area contributed by atoms with E-state index in [2.05, 4.69) is 14.7 Å². The Labute approximate surface area is 144 Å². The molecule has 0 saturated carbocycles. The summed E-state index contributed by atoms with van der Waals surface area (Å²) >= 11 is 1.68. The highest BCUT2D eigenvalue weighted by Gasteiger charge is 2.31. The van der Waals surface area contributed by atoms with Crippen LogP contribution in [-0.4, -0.2) is 46.2 Å². The number of benzene rings is 1. The van der Waals surface area contributed by atoms with Gasteiger partial charge in [-0.15, -0.1) is 11.8 Å². The first-order valence-corrected chi connectivity index (χ1v) is 8.82. The lowest BCUT2D eigenvalue weighted by Crippen LogP contribution is -2.38. The van der Waals surface area contributed by atoms with Crippen LogP contribution in [0.15, 0.2) is 36.5 Å². The fraction of sp³-hybridized carbons (Fsp3) is 0.353. The largest absolute Gasteiger partial charge is 0.469 e. The van der Waals surface area contributed by atoms with Crippen molar-refractivity contribution < 1.29 is 14.3 Å². The molecule has 7 heteroatoms. The Balaban J connectivity index is 1.79. The second-order valence-electron chi connectivity index (χ2n) is 5.44. The molecule has 2 aromatic rings. The minimum atomic E-state index is -0.313. The summed E-state index contributed by atoms with van der Waals surface area (Å²) in [5.74, 6) is 1.28. The average Bonchev–Trinajstić information content (AvgIpc) is 3.11. The Hall–Kier alpha value is -2.28. The van der Waals surface area contributed by atoms with E-state index in [0.717, 1.165) is 22.8 Å². The number of esters is 1. The van der Waals surface area contributed by atoms with Crippen LogP contribution in [-0.2, 0) is 14.3 Å². The molecule has 6 nitrogen and oxygen atoms in total. The molecule has 2 heterocycles. The molecule has 24 heavy (non-hydrogen) atoms. The van der Waals surface area contributed by atoms with E-state index in [9.17, 15) is 9.59 Å². The number of methoxy groups -OCH3 is 1. The Morgan fingerprint density at radius 3 is 2.96 bits per heavy atom. The minimum absolute atomic E-state index is 0.0542. The second kappa shape index (κ2) is 7.53. The average molecular weight is 345 g/mol. The van der Waals surface area contributed by atoms with Crippen molar-refractivity contribution in [3.63, 3.8) is 0 Å². The number of nitrogens with zero attached hydrogens (tertiary/aromatic N) is 2. The van der Waals surface area contributed by atoms with Gasteiger partial charge in [0.05, 0.1) is 25.4 Å². The Kier molecular flexibility index (Phi) is 5.20. The van der Waals surface area contributed by atoms with Crippen molar-refractivity contribution >= 4 is 23.6 Å². The summed E-state index contributed by atoms with van der Waals surface area (Å²) < 4.78 is 4.68. The van der Waals surface area contributed by atoms with Crippen LogP contribution in [0.25, 0.3) is 11.4 Å². The maximum Gasteiger partial charge on any atom is 0.307 e. The number of aromatic nitrogens is 2. The van der Waals surface area contributed by atoms with Crippen molar-refractivity contribution in [1.29, 1.82) is 0 Å². The summed E-state index contributed by atoms with van der Waals surface area (Å²) in [7, 11) is 1.35. The molecule has 1 fully saturated rings. The molecule has 0 bridgehead atoms. The molecule has 0 spiro atoms. The number of H-pyrrole nitrogens is 1. The van der Waals surface area contributed by atoms with E-state index in [4.69, 9.17) is 0 Å². The van der Waals surface area contributed by atoms with Gasteiger partial charge in [0.1, 0.15) is 11.2 Å². The summed E-state index contributed by atoms with van der Waals surface area (Å²) in [6.45, 7) is 0.350. The van der Waals surface area contributed by atoms with E-state index < -0.39 is 0 Å². The Morgan fingerprint density at radius 2 is 2.21 bits per heavy atom. The number of nitrogens with one attached hydrogen (secondary N) is 1. The van der Waals surface area contributed by atoms with Gasteiger partial charge in [-0.1, -0.05) is 30.3 Å². The van der Waals surface area contributed by atoms with Gasteiger partial charge in [0, 0.05) is 24.3 Å². The van der Waals surface area contributed by atoms with Crippen molar-refractivity contribution in [1.82, 2.24) is 14.9 Å². The number of carbonyl (C=O) groups excluding carboxylic acids is 2. The van der Waals surface area contributed by atoms with Crippen molar-refractivity contribution in [2.75, 3.05) is 19.4 Å². The van der Waals surface area contributed by atoms with Gasteiger partial charge in [0.2, 0.25) is 5.91 Å². The quantitative estimate of drug-likeness (QED) is 0.843. The van der Waals surface area contributed by atoms with E-state index in [-0.39, 0.29) is 23.7 Å². The SMILES string of the molecule is COC(=O)CCN1C(=O)CCSC1c1cnc(-c2ccccc2)[nH]1. The van der Waals surface area contributed by atoms with Crippen LogP contribution < -0.4 is 0 Å². The predicted octanol–water partition coefficient (Wildman–Crippen LogP) is 2.60. The molecule has 1 saturated heterocycles. The van der Waals surface area contributed by atoms with E-state index in [0.29, 0.717) is 13.0 Å². The first-order chi connectivity index (χ1) is 11.7. The summed E-state index contributed by atoms with van der Waals surface area (Å²) in [4.78, 5) is 33.2. The molecule has 1 aliphatic rings. The maximum absolute atomic E-state index is 12.3. The molecule has 1 aromatic heterocycles. The zero-order chi connectivity index (χ0) is 16.9. The monoisotopic (exact) mass is 345 g/mol. The third-order valence-electron chi connectivity index (χ3n) is 3.89. The second-order valence-corrected chi connectivity index (χ2v) is 6.63. The first kappa shape index (κ1) is 16.6. The highest BCUT2D eigenvalue weighted by molar-refractivity contribution is 7.99. The van der Waals surface area contributed by atoms with E-state index >= 15 is 0 Å². The van der Waals surface area contributed by atoms with Crippen molar-refractivity contribution in [3.05, 3.63) is 42.2 Å². The van der Waals surface area contributed by atoms with Gasteiger partial charge in [-0.3, -0.25) is 9.59 Å². The number of hydrogen-bond acceptors (Lipinski definition) is 5. The van der Waals surface area contributed by atoms with Crippen LogP contribution in [0, 0.1) is 0 Å². The first-order valence-electron chi connectivity index (χ1n) is 7.77. The van der Waals surface area contributed by atoms with Crippen LogP contribution in [0.2, 0.25) is 0 Å². The number of hydrogen-bond donors (Lipinski definition) is 1. The predicted molar refractivity (Wildman–Crippen MR) is 92.2 cm³/mol. The van der Waals surface area contributed by atoms with Gasteiger partial charge >= 0.3 is 5.97 Å². The van der Waals surface area contributed by atoms with Crippen LogP contribution >= 0.6 is 11.8 Å². The number of imidazole rings is 1. The zero-order valence-corrected chi connectivity index (χ0v) is 14.2. The Bertz CT molecular complexity index is 717. The molecule has 1 atom stereocenters.